The molecule has 1 aromatic rings. The first-order chi connectivity index (χ1) is 13.6. The van der Waals surface area contributed by atoms with Crippen LogP contribution in [0.5, 0.6) is 11.5 Å². The van der Waals surface area contributed by atoms with Gasteiger partial charge in [-0.25, -0.2) is 0 Å². The van der Waals surface area contributed by atoms with Crippen molar-refractivity contribution >= 4 is 11.9 Å². The lowest BCUT2D eigenvalue weighted by atomic mass is 10.1. The van der Waals surface area contributed by atoms with E-state index in [4.69, 9.17) is 19.7 Å². The van der Waals surface area contributed by atoms with E-state index in [-0.39, 0.29) is 12.8 Å². The molecule has 0 atom stereocenters. The first-order valence-electron chi connectivity index (χ1n) is 10.4. The van der Waals surface area contributed by atoms with E-state index >= 15 is 0 Å². The zero-order chi connectivity index (χ0) is 20.5. The maximum absolute atomic E-state index is 10.5. The van der Waals surface area contributed by atoms with Gasteiger partial charge in [-0.05, 0) is 31.4 Å². The molecule has 0 heterocycles. The summed E-state index contributed by atoms with van der Waals surface area (Å²) in [5, 5.41) is 17.2. The van der Waals surface area contributed by atoms with E-state index in [1.807, 2.05) is 24.3 Å². The third kappa shape index (κ3) is 13.0. The minimum absolute atomic E-state index is 0.103. The molecule has 0 saturated carbocycles. The second kappa shape index (κ2) is 15.8. The van der Waals surface area contributed by atoms with Crippen molar-refractivity contribution in [1.82, 2.24) is 0 Å². The molecule has 0 spiro atoms. The molecule has 0 saturated heterocycles. The number of carboxylic acids is 2. The van der Waals surface area contributed by atoms with Gasteiger partial charge in [0.25, 0.3) is 0 Å². The maximum Gasteiger partial charge on any atom is 0.303 e. The monoisotopic (exact) mass is 394 g/mol. The number of rotatable bonds is 18. The van der Waals surface area contributed by atoms with Crippen molar-refractivity contribution in [3.05, 3.63) is 24.3 Å². The van der Waals surface area contributed by atoms with Gasteiger partial charge in [-0.3, -0.25) is 9.59 Å². The Labute approximate surface area is 167 Å². The van der Waals surface area contributed by atoms with Gasteiger partial charge in [0.1, 0.15) is 0 Å². The number of aliphatic carboxylic acids is 2. The summed E-state index contributed by atoms with van der Waals surface area (Å²) in [4.78, 5) is 20.9. The van der Waals surface area contributed by atoms with Crippen LogP contribution in [-0.4, -0.2) is 35.4 Å². The Morgan fingerprint density at radius 2 is 1.00 bits per heavy atom. The Morgan fingerprint density at radius 3 is 1.50 bits per heavy atom. The Morgan fingerprint density at radius 1 is 0.607 bits per heavy atom. The molecule has 28 heavy (non-hydrogen) atoms. The quantitative estimate of drug-likeness (QED) is 0.328. The minimum atomic E-state index is -0.814. The van der Waals surface area contributed by atoms with Crippen molar-refractivity contribution in [1.29, 1.82) is 0 Å². The minimum Gasteiger partial charge on any atom is -0.490 e. The van der Waals surface area contributed by atoms with E-state index < -0.39 is 11.9 Å². The molecule has 0 fully saturated rings. The van der Waals surface area contributed by atoms with Gasteiger partial charge in [0.05, 0.1) is 13.2 Å². The topological polar surface area (TPSA) is 93.1 Å². The number of ether oxygens (including phenoxy) is 2. The van der Waals surface area contributed by atoms with Crippen LogP contribution in [0.4, 0.5) is 0 Å². The van der Waals surface area contributed by atoms with Gasteiger partial charge in [0.15, 0.2) is 11.5 Å². The van der Waals surface area contributed by atoms with Crippen molar-refractivity contribution in [2.75, 3.05) is 13.2 Å². The van der Waals surface area contributed by atoms with Crippen LogP contribution in [0.3, 0.4) is 0 Å². The molecule has 0 amide bonds. The number of unbranched alkanes of at least 4 members (excludes halogenated alkanes) is 8. The third-order valence-corrected chi connectivity index (χ3v) is 4.43. The van der Waals surface area contributed by atoms with Gasteiger partial charge in [-0.15, -0.1) is 0 Å². The SMILES string of the molecule is O=C(O)CCCCCCCCCCCOc1ccccc1OCCCC(=O)O. The summed E-state index contributed by atoms with van der Waals surface area (Å²) < 4.78 is 11.4. The standard InChI is InChI=1S/C22H34O6/c23-21(24)15-8-6-4-2-1-3-5-7-11-17-27-19-13-9-10-14-20(19)28-18-12-16-22(25)26/h9-10,13-14H,1-8,11-12,15-18H2,(H,23,24)(H,25,26). The van der Waals surface area contributed by atoms with Gasteiger partial charge in [-0.1, -0.05) is 57.1 Å². The van der Waals surface area contributed by atoms with E-state index in [1.165, 1.54) is 25.7 Å². The van der Waals surface area contributed by atoms with E-state index in [2.05, 4.69) is 0 Å². The molecular formula is C22H34O6. The normalized spacial score (nSPS) is 10.6. The molecule has 0 unspecified atom stereocenters. The predicted octanol–water partition coefficient (Wildman–Crippen LogP) is 5.29. The molecule has 2 N–H and O–H groups in total. The second-order valence-corrected chi connectivity index (χ2v) is 6.97. The zero-order valence-electron chi connectivity index (χ0n) is 16.7. The van der Waals surface area contributed by atoms with Crippen LogP contribution >= 0.6 is 0 Å². The molecule has 0 aliphatic carbocycles. The molecular weight excluding hydrogens is 360 g/mol. The first-order valence-corrected chi connectivity index (χ1v) is 10.4. The molecule has 0 bridgehead atoms. The number of benzene rings is 1. The van der Waals surface area contributed by atoms with Crippen LogP contribution in [0.15, 0.2) is 24.3 Å². The van der Waals surface area contributed by atoms with Crippen molar-refractivity contribution in [3.63, 3.8) is 0 Å². The van der Waals surface area contributed by atoms with Crippen LogP contribution < -0.4 is 9.47 Å². The molecule has 158 valence electrons. The largest absolute Gasteiger partial charge is 0.490 e. The number of carboxylic acid groups (broad SMARTS) is 2. The zero-order valence-corrected chi connectivity index (χ0v) is 16.7. The Kier molecular flexibility index (Phi) is 13.4. The van der Waals surface area contributed by atoms with Crippen LogP contribution in [0.1, 0.15) is 77.0 Å². The first kappa shape index (κ1) is 23.8. The van der Waals surface area contributed by atoms with Crippen molar-refractivity contribution < 1.29 is 29.3 Å². The van der Waals surface area contributed by atoms with E-state index in [9.17, 15) is 9.59 Å². The smallest absolute Gasteiger partial charge is 0.303 e. The Balaban J connectivity index is 2.02. The summed E-state index contributed by atoms with van der Waals surface area (Å²) in [6.07, 6.45) is 10.7. The van der Waals surface area contributed by atoms with Gasteiger partial charge in [0, 0.05) is 12.8 Å². The van der Waals surface area contributed by atoms with Crippen LogP contribution in [0.25, 0.3) is 0 Å². The summed E-state index contributed by atoms with van der Waals surface area (Å²) in [7, 11) is 0. The van der Waals surface area contributed by atoms with Crippen LogP contribution in [0.2, 0.25) is 0 Å². The fourth-order valence-electron chi connectivity index (χ4n) is 2.89. The van der Waals surface area contributed by atoms with Gasteiger partial charge < -0.3 is 19.7 Å². The summed E-state index contributed by atoms with van der Waals surface area (Å²) in [5.41, 5.74) is 0. The molecule has 1 rings (SSSR count). The highest BCUT2D eigenvalue weighted by molar-refractivity contribution is 5.66. The Bertz CT molecular complexity index is 558. The second-order valence-electron chi connectivity index (χ2n) is 6.97. The molecule has 0 aliphatic rings. The molecule has 0 aliphatic heterocycles. The lowest BCUT2D eigenvalue weighted by Gasteiger charge is -2.12. The van der Waals surface area contributed by atoms with E-state index in [0.717, 1.165) is 32.1 Å². The molecule has 6 heteroatoms. The average molecular weight is 395 g/mol. The molecule has 1 aromatic carbocycles. The predicted molar refractivity (Wildman–Crippen MR) is 108 cm³/mol. The molecule has 0 radical (unpaired) electrons. The highest BCUT2D eigenvalue weighted by Crippen LogP contribution is 2.27. The summed E-state index contributed by atoms with van der Waals surface area (Å²) >= 11 is 0. The number of para-hydroxylation sites is 2. The van der Waals surface area contributed by atoms with Crippen LogP contribution in [0, 0.1) is 0 Å². The average Bonchev–Trinajstić information content (AvgIpc) is 2.66. The molecule has 0 aromatic heterocycles. The summed E-state index contributed by atoms with van der Waals surface area (Å²) in [5.74, 6) is -0.143. The fourth-order valence-corrected chi connectivity index (χ4v) is 2.89. The third-order valence-electron chi connectivity index (χ3n) is 4.43. The lowest BCUT2D eigenvalue weighted by molar-refractivity contribution is -0.138. The van der Waals surface area contributed by atoms with Gasteiger partial charge in [-0.2, -0.15) is 0 Å². The number of carbonyl (C=O) groups is 2. The number of hydrogen-bond donors (Lipinski definition) is 2. The summed E-state index contributed by atoms with van der Waals surface area (Å²) in [6.45, 7) is 1.01. The summed E-state index contributed by atoms with van der Waals surface area (Å²) in [6, 6.07) is 7.49. The van der Waals surface area contributed by atoms with E-state index in [1.54, 1.807) is 0 Å². The van der Waals surface area contributed by atoms with Crippen molar-refractivity contribution in [2.45, 2.75) is 77.0 Å². The number of hydrogen-bond acceptors (Lipinski definition) is 4. The van der Waals surface area contributed by atoms with Gasteiger partial charge in [0.2, 0.25) is 0 Å². The highest BCUT2D eigenvalue weighted by Gasteiger charge is 2.05. The van der Waals surface area contributed by atoms with Gasteiger partial charge >= 0.3 is 11.9 Å². The van der Waals surface area contributed by atoms with E-state index in [0.29, 0.717) is 31.1 Å². The maximum atomic E-state index is 10.5. The van der Waals surface area contributed by atoms with Crippen LogP contribution in [-0.2, 0) is 9.59 Å². The molecule has 6 nitrogen and oxygen atoms in total. The lowest BCUT2D eigenvalue weighted by Crippen LogP contribution is -2.04. The highest BCUT2D eigenvalue weighted by atomic mass is 16.5. The Hall–Kier alpha value is -2.24. The van der Waals surface area contributed by atoms with Crippen molar-refractivity contribution in [3.8, 4) is 11.5 Å². The van der Waals surface area contributed by atoms with Crippen molar-refractivity contribution in [2.24, 2.45) is 0 Å². The fraction of sp³-hybridized carbons (Fsp3) is 0.636.